The van der Waals surface area contributed by atoms with Crippen LogP contribution >= 0.6 is 0 Å². The third kappa shape index (κ3) is 5.13. The summed E-state index contributed by atoms with van der Waals surface area (Å²) in [6, 6.07) is 32.8. The number of fused-ring (bicyclic) bond motifs is 1. The largest absolute Gasteiger partial charge is 0.494 e. The molecule has 5 aromatic rings. The van der Waals surface area contributed by atoms with E-state index in [2.05, 4.69) is 69.9 Å². The number of benzene rings is 4. The first kappa shape index (κ1) is 22.1. The summed E-state index contributed by atoms with van der Waals surface area (Å²) >= 11 is 0. The first-order valence-electron chi connectivity index (χ1n) is 11.6. The van der Waals surface area contributed by atoms with Crippen molar-refractivity contribution in [2.75, 3.05) is 11.9 Å². The average Bonchev–Trinajstić information content (AvgIpc) is 2.90. The van der Waals surface area contributed by atoms with Crippen LogP contribution in [0.2, 0.25) is 0 Å². The molecule has 35 heavy (non-hydrogen) atoms. The van der Waals surface area contributed by atoms with Crippen LogP contribution in [0, 0.1) is 11.3 Å². The Morgan fingerprint density at radius 3 is 2.09 bits per heavy atom. The molecule has 0 aliphatic rings. The van der Waals surface area contributed by atoms with Crippen LogP contribution in [0.1, 0.15) is 12.5 Å². The van der Waals surface area contributed by atoms with Gasteiger partial charge in [0, 0.05) is 17.3 Å². The summed E-state index contributed by atoms with van der Waals surface area (Å²) in [6.45, 7) is 2.65. The Morgan fingerprint density at radius 2 is 1.43 bits per heavy atom. The van der Waals surface area contributed by atoms with E-state index in [1.54, 1.807) is 0 Å². The second-order valence-electron chi connectivity index (χ2n) is 8.16. The Hall–Kier alpha value is -4.69. The minimum absolute atomic E-state index is 0.402. The molecule has 1 heterocycles. The molecule has 0 amide bonds. The van der Waals surface area contributed by atoms with Crippen molar-refractivity contribution in [2.45, 2.75) is 13.3 Å². The smallest absolute Gasteiger partial charge is 0.227 e. The average molecular weight is 457 g/mol. The van der Waals surface area contributed by atoms with Crippen LogP contribution in [-0.2, 0) is 6.42 Å². The lowest BCUT2D eigenvalue weighted by Crippen LogP contribution is -1.97. The minimum Gasteiger partial charge on any atom is -0.494 e. The van der Waals surface area contributed by atoms with Crippen LogP contribution < -0.4 is 10.1 Å². The van der Waals surface area contributed by atoms with Gasteiger partial charge in [-0.25, -0.2) is 9.97 Å². The highest BCUT2D eigenvalue weighted by Gasteiger charge is 2.06. The van der Waals surface area contributed by atoms with E-state index < -0.39 is 0 Å². The Balaban J connectivity index is 1.32. The van der Waals surface area contributed by atoms with Gasteiger partial charge < -0.3 is 10.1 Å². The summed E-state index contributed by atoms with van der Waals surface area (Å²) in [5.41, 5.74) is 7.32. The van der Waals surface area contributed by atoms with Crippen LogP contribution in [-0.4, -0.2) is 16.6 Å². The molecule has 5 rings (SSSR count). The van der Waals surface area contributed by atoms with Crippen LogP contribution in [0.4, 0.5) is 11.6 Å². The van der Waals surface area contributed by atoms with Crippen molar-refractivity contribution in [1.82, 2.24) is 9.97 Å². The number of aromatic nitrogens is 2. The number of nitrogens with one attached hydrogen (secondary N) is 1. The van der Waals surface area contributed by atoms with Crippen molar-refractivity contribution in [1.29, 1.82) is 5.26 Å². The monoisotopic (exact) mass is 456 g/mol. The Morgan fingerprint density at radius 1 is 0.800 bits per heavy atom. The molecule has 0 fully saturated rings. The van der Waals surface area contributed by atoms with Gasteiger partial charge in [-0.2, -0.15) is 5.26 Å². The molecule has 1 N–H and O–H groups in total. The summed E-state index contributed by atoms with van der Waals surface area (Å²) in [4.78, 5) is 9.14. The van der Waals surface area contributed by atoms with Gasteiger partial charge in [-0.05, 0) is 71.1 Å². The molecule has 1 aromatic heterocycles. The highest BCUT2D eigenvalue weighted by molar-refractivity contribution is 5.85. The fourth-order valence-corrected chi connectivity index (χ4v) is 3.96. The molecule has 0 saturated carbocycles. The van der Waals surface area contributed by atoms with Gasteiger partial charge in [0.25, 0.3) is 0 Å². The zero-order valence-corrected chi connectivity index (χ0v) is 19.4. The van der Waals surface area contributed by atoms with Gasteiger partial charge >= 0.3 is 0 Å². The lowest BCUT2D eigenvalue weighted by molar-refractivity contribution is 0.340. The Bertz CT molecular complexity index is 1490. The predicted molar refractivity (Wildman–Crippen MR) is 141 cm³/mol. The van der Waals surface area contributed by atoms with Gasteiger partial charge in [0.05, 0.1) is 24.6 Å². The van der Waals surface area contributed by atoms with E-state index in [0.717, 1.165) is 50.2 Å². The molecule has 0 aliphatic carbocycles. The maximum absolute atomic E-state index is 8.81. The van der Waals surface area contributed by atoms with Crippen LogP contribution in [0.3, 0.4) is 0 Å². The van der Waals surface area contributed by atoms with E-state index in [0.29, 0.717) is 19.0 Å². The van der Waals surface area contributed by atoms with Crippen LogP contribution in [0.25, 0.3) is 33.2 Å². The van der Waals surface area contributed by atoms with E-state index in [4.69, 9.17) is 10.00 Å². The fraction of sp³-hybridized carbons (Fsp3) is 0.100. The SMILES string of the molecule is CCOc1ccc(-c2ccc(-c3ccc4nc(Nc5ccc(CC#N)cc5)ncc4c3)cc2)cc1. The maximum Gasteiger partial charge on any atom is 0.227 e. The molecule has 4 aromatic carbocycles. The highest BCUT2D eigenvalue weighted by Crippen LogP contribution is 2.28. The van der Waals surface area contributed by atoms with E-state index in [9.17, 15) is 0 Å². The lowest BCUT2D eigenvalue weighted by atomic mass is 9.99. The Labute approximate surface area is 204 Å². The molecule has 5 nitrogen and oxygen atoms in total. The molecule has 0 spiro atoms. The molecule has 170 valence electrons. The highest BCUT2D eigenvalue weighted by atomic mass is 16.5. The standard InChI is InChI=1S/C30H24N4O/c1-2-35-28-14-9-23(10-15-28)22-5-7-24(8-6-22)25-11-16-29-26(19-25)20-32-30(34-29)33-27-12-3-21(4-13-27)17-18-31/h3-16,19-20H,2,17H2,1H3,(H,32,33,34). The summed E-state index contributed by atoms with van der Waals surface area (Å²) in [5.74, 6) is 1.43. The van der Waals surface area contributed by atoms with Crippen molar-refractivity contribution in [3.8, 4) is 34.1 Å². The first-order chi connectivity index (χ1) is 17.2. The summed E-state index contributed by atoms with van der Waals surface area (Å²) in [7, 11) is 0. The summed E-state index contributed by atoms with van der Waals surface area (Å²) in [6.07, 6.45) is 2.24. The van der Waals surface area contributed by atoms with Crippen molar-refractivity contribution in [3.63, 3.8) is 0 Å². The molecule has 0 atom stereocenters. The molecule has 0 aliphatic heterocycles. The number of nitriles is 1. The zero-order chi connectivity index (χ0) is 24.0. The third-order valence-electron chi connectivity index (χ3n) is 5.79. The number of ether oxygens (including phenoxy) is 1. The molecule has 0 radical (unpaired) electrons. The molecular formula is C30H24N4O. The quantitative estimate of drug-likeness (QED) is 0.281. The maximum atomic E-state index is 8.81. The van der Waals surface area contributed by atoms with Gasteiger partial charge in [0.15, 0.2) is 0 Å². The fourth-order valence-electron chi connectivity index (χ4n) is 3.96. The Kier molecular flexibility index (Phi) is 6.36. The zero-order valence-electron chi connectivity index (χ0n) is 19.4. The predicted octanol–water partition coefficient (Wildman–Crippen LogP) is 7.17. The van der Waals surface area contributed by atoms with Crippen LogP contribution in [0.15, 0.2) is 97.2 Å². The lowest BCUT2D eigenvalue weighted by Gasteiger charge is -2.09. The molecule has 5 heteroatoms. The van der Waals surface area contributed by atoms with Gasteiger partial charge in [-0.1, -0.05) is 54.6 Å². The summed E-state index contributed by atoms with van der Waals surface area (Å²) in [5, 5.41) is 13.0. The van der Waals surface area contributed by atoms with E-state index in [1.807, 2.05) is 55.6 Å². The second-order valence-corrected chi connectivity index (χ2v) is 8.16. The number of nitrogens with zero attached hydrogens (tertiary/aromatic N) is 3. The molecular weight excluding hydrogens is 432 g/mol. The second kappa shape index (κ2) is 10.1. The van der Waals surface area contributed by atoms with E-state index in [1.165, 1.54) is 0 Å². The summed E-state index contributed by atoms with van der Waals surface area (Å²) < 4.78 is 5.53. The molecule has 0 saturated heterocycles. The van der Waals surface area contributed by atoms with Gasteiger partial charge in [0.1, 0.15) is 5.75 Å². The van der Waals surface area contributed by atoms with Gasteiger partial charge in [-0.3, -0.25) is 0 Å². The van der Waals surface area contributed by atoms with Crippen molar-refractivity contribution < 1.29 is 4.74 Å². The van der Waals surface area contributed by atoms with E-state index in [-0.39, 0.29) is 0 Å². The topological polar surface area (TPSA) is 70.8 Å². The van der Waals surface area contributed by atoms with Gasteiger partial charge in [-0.15, -0.1) is 0 Å². The molecule has 0 bridgehead atoms. The van der Waals surface area contributed by atoms with Crippen molar-refractivity contribution in [3.05, 3.63) is 103 Å². The third-order valence-corrected chi connectivity index (χ3v) is 5.79. The normalized spacial score (nSPS) is 10.6. The van der Waals surface area contributed by atoms with Crippen LogP contribution in [0.5, 0.6) is 5.75 Å². The number of hydrogen-bond donors (Lipinski definition) is 1. The first-order valence-corrected chi connectivity index (χ1v) is 11.6. The van der Waals surface area contributed by atoms with E-state index >= 15 is 0 Å². The molecule has 0 unspecified atom stereocenters. The number of anilines is 2. The van der Waals surface area contributed by atoms with Gasteiger partial charge in [0.2, 0.25) is 5.95 Å². The number of hydrogen-bond acceptors (Lipinski definition) is 5. The van der Waals surface area contributed by atoms with Crippen molar-refractivity contribution >= 4 is 22.5 Å². The van der Waals surface area contributed by atoms with Crippen molar-refractivity contribution in [2.24, 2.45) is 0 Å². The number of rotatable bonds is 7. The minimum atomic E-state index is 0.402.